The minimum atomic E-state index is -0.555. The lowest BCUT2D eigenvalue weighted by Gasteiger charge is -2.33. The van der Waals surface area contributed by atoms with Gasteiger partial charge in [-0.25, -0.2) is 0 Å². The first-order chi connectivity index (χ1) is 8.49. The predicted octanol–water partition coefficient (Wildman–Crippen LogP) is 0.766. The van der Waals surface area contributed by atoms with Gasteiger partial charge in [-0.3, -0.25) is 14.9 Å². The quantitative estimate of drug-likeness (QED) is 0.600. The van der Waals surface area contributed by atoms with Crippen molar-refractivity contribution in [3.05, 3.63) is 28.1 Å². The number of aromatic nitrogens is 1. The smallest absolute Gasteiger partial charge is 0.287 e. The number of hydrogen-bond acceptors (Lipinski definition) is 4. The van der Waals surface area contributed by atoms with E-state index in [0.717, 1.165) is 6.42 Å². The number of β-amino-alcohol motifs (C(OH)–C–C–N with tert-alkyl or cyclic N) is 1. The minimum absolute atomic E-state index is 0.135. The van der Waals surface area contributed by atoms with E-state index in [-0.39, 0.29) is 29.8 Å². The third-order valence-corrected chi connectivity index (χ3v) is 3.31. The van der Waals surface area contributed by atoms with Gasteiger partial charge in [-0.1, -0.05) is 6.92 Å². The zero-order valence-corrected chi connectivity index (χ0v) is 10.00. The molecule has 2 heterocycles. The van der Waals surface area contributed by atoms with Gasteiger partial charge >= 0.3 is 0 Å². The Morgan fingerprint density at radius 3 is 2.94 bits per heavy atom. The summed E-state index contributed by atoms with van der Waals surface area (Å²) >= 11 is 0. The fourth-order valence-corrected chi connectivity index (χ4v) is 2.02. The molecule has 7 nitrogen and oxygen atoms in total. The van der Waals surface area contributed by atoms with E-state index in [4.69, 9.17) is 0 Å². The number of aliphatic hydroxyl groups is 1. The average molecular weight is 253 g/mol. The number of nitrogens with zero attached hydrogens (tertiary/aromatic N) is 2. The number of likely N-dealkylation sites (tertiary alicyclic amines) is 1. The third-order valence-electron chi connectivity index (χ3n) is 3.31. The van der Waals surface area contributed by atoms with E-state index >= 15 is 0 Å². The van der Waals surface area contributed by atoms with Crippen LogP contribution in [0.15, 0.2) is 12.3 Å². The molecule has 2 N–H and O–H groups in total. The van der Waals surface area contributed by atoms with Crippen molar-refractivity contribution >= 4 is 11.6 Å². The molecule has 0 saturated carbocycles. The van der Waals surface area contributed by atoms with Crippen molar-refractivity contribution in [2.75, 3.05) is 13.1 Å². The van der Waals surface area contributed by atoms with Crippen LogP contribution in [0.2, 0.25) is 0 Å². The maximum absolute atomic E-state index is 12.0. The van der Waals surface area contributed by atoms with Crippen LogP contribution in [-0.2, 0) is 0 Å². The maximum atomic E-state index is 12.0. The van der Waals surface area contributed by atoms with Crippen LogP contribution in [0, 0.1) is 16.0 Å². The number of carbonyl (C=O) groups is 1. The molecule has 1 aromatic heterocycles. The van der Waals surface area contributed by atoms with Gasteiger partial charge in [-0.15, -0.1) is 0 Å². The highest BCUT2D eigenvalue weighted by Gasteiger charge is 2.29. The monoisotopic (exact) mass is 253 g/mol. The van der Waals surface area contributed by atoms with Crippen LogP contribution in [0.3, 0.4) is 0 Å². The molecular weight excluding hydrogens is 238 g/mol. The van der Waals surface area contributed by atoms with Gasteiger partial charge in [0.05, 0.1) is 17.2 Å². The van der Waals surface area contributed by atoms with Gasteiger partial charge in [-0.05, 0) is 12.3 Å². The molecule has 0 aromatic carbocycles. The molecule has 18 heavy (non-hydrogen) atoms. The van der Waals surface area contributed by atoms with Crippen molar-refractivity contribution < 1.29 is 14.8 Å². The highest BCUT2D eigenvalue weighted by atomic mass is 16.6. The van der Waals surface area contributed by atoms with Crippen molar-refractivity contribution in [3.8, 4) is 0 Å². The summed E-state index contributed by atoms with van der Waals surface area (Å²) < 4.78 is 0. The van der Waals surface area contributed by atoms with Crippen LogP contribution in [-0.4, -0.2) is 45.0 Å². The standard InChI is InChI=1S/C11H15N3O4/c1-7-2-3-13(6-10(7)15)11(16)9-4-8(5-12-9)14(17)18/h4-5,7,10,12,15H,2-3,6H2,1H3. The molecule has 0 aliphatic carbocycles. The van der Waals surface area contributed by atoms with Crippen molar-refractivity contribution in [1.82, 2.24) is 9.88 Å². The van der Waals surface area contributed by atoms with Crippen molar-refractivity contribution in [1.29, 1.82) is 0 Å². The predicted molar refractivity (Wildman–Crippen MR) is 63.1 cm³/mol. The number of nitrogens with one attached hydrogen (secondary N) is 1. The molecule has 2 atom stereocenters. The molecule has 1 amide bonds. The third kappa shape index (κ3) is 2.35. The summed E-state index contributed by atoms with van der Waals surface area (Å²) in [6, 6.07) is 1.22. The zero-order chi connectivity index (χ0) is 13.3. The van der Waals surface area contributed by atoms with Crippen LogP contribution < -0.4 is 0 Å². The Bertz CT molecular complexity index is 471. The Kier molecular flexibility index (Phi) is 3.33. The van der Waals surface area contributed by atoms with Crippen LogP contribution >= 0.6 is 0 Å². The lowest BCUT2D eigenvalue weighted by Crippen LogP contribution is -2.45. The fraction of sp³-hybridized carbons (Fsp3) is 0.545. The number of piperidine rings is 1. The Balaban J connectivity index is 2.09. The molecule has 0 spiro atoms. The first-order valence-corrected chi connectivity index (χ1v) is 5.79. The highest BCUT2D eigenvalue weighted by molar-refractivity contribution is 5.93. The fourth-order valence-electron chi connectivity index (χ4n) is 2.02. The van der Waals surface area contributed by atoms with Crippen molar-refractivity contribution in [2.24, 2.45) is 5.92 Å². The minimum Gasteiger partial charge on any atom is -0.391 e. The SMILES string of the molecule is CC1CCN(C(=O)c2cc([N+](=O)[O-])c[nH]2)CC1O. The first-order valence-electron chi connectivity index (χ1n) is 5.79. The topological polar surface area (TPSA) is 99.5 Å². The van der Waals surface area contributed by atoms with Crippen molar-refractivity contribution in [3.63, 3.8) is 0 Å². The summed E-state index contributed by atoms with van der Waals surface area (Å²) in [5.41, 5.74) is 0.0488. The van der Waals surface area contributed by atoms with Crippen LogP contribution in [0.1, 0.15) is 23.8 Å². The molecule has 2 unspecified atom stereocenters. The van der Waals surface area contributed by atoms with Gasteiger partial charge in [-0.2, -0.15) is 0 Å². The molecule has 98 valence electrons. The van der Waals surface area contributed by atoms with Gasteiger partial charge in [0, 0.05) is 19.2 Å². The van der Waals surface area contributed by atoms with E-state index in [1.54, 1.807) is 0 Å². The molecule has 0 radical (unpaired) electrons. The molecule has 1 fully saturated rings. The number of amides is 1. The normalized spacial score (nSPS) is 24.0. The molecule has 7 heteroatoms. The van der Waals surface area contributed by atoms with E-state index in [9.17, 15) is 20.0 Å². The van der Waals surface area contributed by atoms with Gasteiger partial charge < -0.3 is 15.0 Å². The van der Waals surface area contributed by atoms with Gasteiger partial charge in [0.1, 0.15) is 5.69 Å². The second kappa shape index (κ2) is 4.77. The molecule has 1 aliphatic heterocycles. The summed E-state index contributed by atoms with van der Waals surface area (Å²) in [6.45, 7) is 2.77. The number of aromatic amines is 1. The summed E-state index contributed by atoms with van der Waals surface area (Å²) in [7, 11) is 0. The van der Waals surface area contributed by atoms with Gasteiger partial charge in [0.25, 0.3) is 11.6 Å². The number of H-pyrrole nitrogens is 1. The van der Waals surface area contributed by atoms with Crippen LogP contribution in [0.4, 0.5) is 5.69 Å². The second-order valence-corrected chi connectivity index (χ2v) is 4.61. The molecular formula is C11H15N3O4. The largest absolute Gasteiger partial charge is 0.391 e. The summed E-state index contributed by atoms with van der Waals surface area (Å²) in [4.78, 5) is 26.1. The van der Waals surface area contributed by atoms with E-state index in [0.29, 0.717) is 6.54 Å². The zero-order valence-electron chi connectivity index (χ0n) is 10.00. The number of aliphatic hydroxyl groups excluding tert-OH is 1. The Morgan fingerprint density at radius 2 is 2.39 bits per heavy atom. The molecule has 1 aliphatic rings. The van der Waals surface area contributed by atoms with E-state index in [1.807, 2.05) is 6.92 Å². The van der Waals surface area contributed by atoms with Crippen LogP contribution in [0.25, 0.3) is 0 Å². The Hall–Kier alpha value is -1.89. The molecule has 1 saturated heterocycles. The van der Waals surface area contributed by atoms with E-state index < -0.39 is 11.0 Å². The highest BCUT2D eigenvalue weighted by Crippen LogP contribution is 2.20. The Morgan fingerprint density at radius 1 is 1.67 bits per heavy atom. The Labute approximate surface area is 104 Å². The number of nitro groups is 1. The molecule has 0 bridgehead atoms. The lowest BCUT2D eigenvalue weighted by atomic mass is 9.96. The lowest BCUT2D eigenvalue weighted by molar-refractivity contribution is -0.384. The van der Waals surface area contributed by atoms with Crippen molar-refractivity contribution in [2.45, 2.75) is 19.4 Å². The maximum Gasteiger partial charge on any atom is 0.287 e. The van der Waals surface area contributed by atoms with Gasteiger partial charge in [0.2, 0.25) is 0 Å². The molecule has 1 aromatic rings. The van der Waals surface area contributed by atoms with E-state index in [1.165, 1.54) is 17.2 Å². The number of rotatable bonds is 2. The van der Waals surface area contributed by atoms with Gasteiger partial charge in [0.15, 0.2) is 0 Å². The number of hydrogen-bond donors (Lipinski definition) is 2. The molecule has 2 rings (SSSR count). The summed E-state index contributed by atoms with van der Waals surface area (Å²) in [5, 5.41) is 20.3. The number of carbonyl (C=O) groups excluding carboxylic acids is 1. The van der Waals surface area contributed by atoms with Crippen LogP contribution in [0.5, 0.6) is 0 Å². The average Bonchev–Trinajstić information content (AvgIpc) is 2.81. The first kappa shape index (κ1) is 12.6. The summed E-state index contributed by atoms with van der Waals surface area (Å²) in [5.74, 6) is -0.138. The van der Waals surface area contributed by atoms with E-state index in [2.05, 4.69) is 4.98 Å². The second-order valence-electron chi connectivity index (χ2n) is 4.61. The summed E-state index contributed by atoms with van der Waals surface area (Å²) in [6.07, 6.45) is 1.39.